The summed E-state index contributed by atoms with van der Waals surface area (Å²) >= 11 is 0. The van der Waals surface area contributed by atoms with Crippen LogP contribution < -0.4 is 4.90 Å². The fourth-order valence-corrected chi connectivity index (χ4v) is 2.27. The number of benzene rings is 1. The first-order valence-electron chi connectivity index (χ1n) is 6.18. The molecular weight excluding hydrogens is 246 g/mol. The highest BCUT2D eigenvalue weighted by atomic mass is 16.6. The Labute approximate surface area is 112 Å². The molecule has 1 fully saturated rings. The SMILES string of the molecule is C=C(C)N(c1ccccc1)[C@@H]1O[C@H](CO)[C@@H](O)[C@H]1O. The molecule has 1 aliphatic heterocycles. The van der Waals surface area contributed by atoms with E-state index in [4.69, 9.17) is 9.84 Å². The summed E-state index contributed by atoms with van der Waals surface area (Å²) in [6, 6.07) is 9.35. The Morgan fingerprint density at radius 3 is 2.37 bits per heavy atom. The van der Waals surface area contributed by atoms with Crippen molar-refractivity contribution in [3.63, 3.8) is 0 Å². The van der Waals surface area contributed by atoms with Gasteiger partial charge in [-0.3, -0.25) is 0 Å². The Morgan fingerprint density at radius 2 is 1.89 bits per heavy atom. The van der Waals surface area contributed by atoms with E-state index in [1.807, 2.05) is 30.3 Å². The van der Waals surface area contributed by atoms with Gasteiger partial charge in [-0.25, -0.2) is 0 Å². The van der Waals surface area contributed by atoms with Gasteiger partial charge in [0.1, 0.15) is 18.3 Å². The van der Waals surface area contributed by atoms with E-state index in [1.165, 1.54) is 0 Å². The predicted molar refractivity (Wildman–Crippen MR) is 71.5 cm³/mol. The van der Waals surface area contributed by atoms with Gasteiger partial charge in [0, 0.05) is 11.4 Å². The first-order chi connectivity index (χ1) is 9.06. The zero-order valence-electron chi connectivity index (χ0n) is 10.8. The van der Waals surface area contributed by atoms with Gasteiger partial charge >= 0.3 is 0 Å². The number of allylic oxidation sites excluding steroid dienone is 1. The average Bonchev–Trinajstić information content (AvgIpc) is 2.68. The quantitative estimate of drug-likeness (QED) is 0.738. The number of nitrogens with zero attached hydrogens (tertiary/aromatic N) is 1. The first kappa shape index (κ1) is 14.0. The van der Waals surface area contributed by atoms with Gasteiger partial charge in [-0.05, 0) is 19.1 Å². The van der Waals surface area contributed by atoms with Crippen molar-refractivity contribution >= 4 is 5.69 Å². The van der Waals surface area contributed by atoms with Crippen molar-refractivity contribution in [2.24, 2.45) is 0 Å². The fourth-order valence-electron chi connectivity index (χ4n) is 2.27. The Bertz CT molecular complexity index is 436. The van der Waals surface area contributed by atoms with E-state index in [2.05, 4.69) is 6.58 Å². The lowest BCUT2D eigenvalue weighted by Gasteiger charge is -2.32. The van der Waals surface area contributed by atoms with Gasteiger partial charge in [0.05, 0.1) is 6.61 Å². The zero-order valence-corrected chi connectivity index (χ0v) is 10.8. The van der Waals surface area contributed by atoms with E-state index in [-0.39, 0.29) is 6.61 Å². The number of aliphatic hydroxyl groups is 3. The van der Waals surface area contributed by atoms with Crippen LogP contribution in [-0.2, 0) is 4.74 Å². The van der Waals surface area contributed by atoms with Gasteiger partial charge in [0.15, 0.2) is 6.23 Å². The third-order valence-corrected chi connectivity index (χ3v) is 3.22. The molecule has 5 nitrogen and oxygen atoms in total. The monoisotopic (exact) mass is 265 g/mol. The topological polar surface area (TPSA) is 73.2 Å². The van der Waals surface area contributed by atoms with Crippen molar-refractivity contribution in [2.75, 3.05) is 11.5 Å². The van der Waals surface area contributed by atoms with Gasteiger partial charge in [0.25, 0.3) is 0 Å². The molecule has 0 unspecified atom stereocenters. The maximum absolute atomic E-state index is 10.1. The predicted octanol–water partition coefficient (Wildman–Crippen LogP) is 0.466. The van der Waals surface area contributed by atoms with Crippen LogP contribution in [0.4, 0.5) is 5.69 Å². The minimum absolute atomic E-state index is 0.340. The van der Waals surface area contributed by atoms with Gasteiger partial charge in [-0.15, -0.1) is 0 Å². The highest BCUT2D eigenvalue weighted by Crippen LogP contribution is 2.30. The highest BCUT2D eigenvalue weighted by molar-refractivity contribution is 5.52. The molecule has 1 heterocycles. The molecule has 19 heavy (non-hydrogen) atoms. The molecule has 0 saturated carbocycles. The molecule has 0 spiro atoms. The summed E-state index contributed by atoms with van der Waals surface area (Å²) in [6.45, 7) is 5.33. The molecule has 1 saturated heterocycles. The lowest BCUT2D eigenvalue weighted by Crippen LogP contribution is -2.43. The zero-order chi connectivity index (χ0) is 14.0. The number of ether oxygens (including phenoxy) is 1. The average molecular weight is 265 g/mol. The maximum Gasteiger partial charge on any atom is 0.163 e. The molecular formula is C14H19NO4. The molecule has 0 aliphatic carbocycles. The number of anilines is 1. The van der Waals surface area contributed by atoms with Crippen molar-refractivity contribution in [1.82, 2.24) is 0 Å². The largest absolute Gasteiger partial charge is 0.394 e. The van der Waals surface area contributed by atoms with Gasteiger partial charge in [0.2, 0.25) is 0 Å². The third-order valence-electron chi connectivity index (χ3n) is 3.22. The van der Waals surface area contributed by atoms with E-state index in [9.17, 15) is 10.2 Å². The van der Waals surface area contributed by atoms with Crippen LogP contribution >= 0.6 is 0 Å². The van der Waals surface area contributed by atoms with Crippen molar-refractivity contribution in [1.29, 1.82) is 0 Å². The Hall–Kier alpha value is -1.40. The molecule has 2 rings (SSSR count). The van der Waals surface area contributed by atoms with E-state index >= 15 is 0 Å². The van der Waals surface area contributed by atoms with Crippen LogP contribution in [0.25, 0.3) is 0 Å². The van der Waals surface area contributed by atoms with Crippen LogP contribution in [0.5, 0.6) is 0 Å². The van der Waals surface area contributed by atoms with Crippen LogP contribution in [0.3, 0.4) is 0 Å². The number of hydrogen-bond acceptors (Lipinski definition) is 5. The summed E-state index contributed by atoms with van der Waals surface area (Å²) in [7, 11) is 0. The minimum Gasteiger partial charge on any atom is -0.394 e. The molecule has 0 radical (unpaired) electrons. The summed E-state index contributed by atoms with van der Waals surface area (Å²) in [5.74, 6) is 0. The van der Waals surface area contributed by atoms with E-state index in [1.54, 1.807) is 11.8 Å². The summed E-state index contributed by atoms with van der Waals surface area (Å²) < 4.78 is 5.53. The summed E-state index contributed by atoms with van der Waals surface area (Å²) in [6.07, 6.45) is -3.76. The lowest BCUT2D eigenvalue weighted by molar-refractivity contribution is -0.0208. The molecule has 1 aliphatic rings. The molecule has 4 atom stereocenters. The molecule has 0 amide bonds. The van der Waals surface area contributed by atoms with E-state index in [0.29, 0.717) is 5.70 Å². The van der Waals surface area contributed by atoms with Gasteiger partial charge in [-0.2, -0.15) is 0 Å². The molecule has 1 aromatic rings. The molecule has 1 aromatic carbocycles. The number of rotatable bonds is 4. The Morgan fingerprint density at radius 1 is 1.26 bits per heavy atom. The number of aliphatic hydroxyl groups excluding tert-OH is 3. The molecule has 0 aromatic heterocycles. The van der Waals surface area contributed by atoms with E-state index in [0.717, 1.165) is 5.69 Å². The van der Waals surface area contributed by atoms with Crippen LogP contribution in [0.15, 0.2) is 42.6 Å². The van der Waals surface area contributed by atoms with Crippen LogP contribution in [0.2, 0.25) is 0 Å². The maximum atomic E-state index is 10.1. The van der Waals surface area contributed by atoms with Crippen LogP contribution in [-0.4, -0.2) is 46.5 Å². The normalized spacial score (nSPS) is 30.3. The summed E-state index contributed by atoms with van der Waals surface area (Å²) in [4.78, 5) is 1.71. The van der Waals surface area contributed by atoms with Gasteiger partial charge < -0.3 is 25.0 Å². The summed E-state index contributed by atoms with van der Waals surface area (Å²) in [5, 5.41) is 29.0. The molecule has 5 heteroatoms. The second kappa shape index (κ2) is 5.71. The number of para-hydroxylation sites is 1. The minimum atomic E-state index is -1.11. The Balaban J connectivity index is 2.29. The van der Waals surface area contributed by atoms with Crippen molar-refractivity contribution < 1.29 is 20.1 Å². The van der Waals surface area contributed by atoms with Crippen molar-refractivity contribution in [2.45, 2.75) is 31.5 Å². The summed E-state index contributed by atoms with van der Waals surface area (Å²) in [5.41, 5.74) is 1.49. The van der Waals surface area contributed by atoms with Crippen molar-refractivity contribution in [3.8, 4) is 0 Å². The smallest absolute Gasteiger partial charge is 0.163 e. The molecule has 0 bridgehead atoms. The fraction of sp³-hybridized carbons (Fsp3) is 0.429. The highest BCUT2D eigenvalue weighted by Gasteiger charge is 2.45. The van der Waals surface area contributed by atoms with E-state index < -0.39 is 24.5 Å². The number of hydrogen-bond donors (Lipinski definition) is 3. The van der Waals surface area contributed by atoms with Crippen LogP contribution in [0, 0.1) is 0 Å². The van der Waals surface area contributed by atoms with Gasteiger partial charge in [-0.1, -0.05) is 24.8 Å². The van der Waals surface area contributed by atoms with Crippen LogP contribution in [0.1, 0.15) is 6.92 Å². The molecule has 3 N–H and O–H groups in total. The van der Waals surface area contributed by atoms with Crippen molar-refractivity contribution in [3.05, 3.63) is 42.6 Å². The lowest BCUT2D eigenvalue weighted by atomic mass is 10.1. The third kappa shape index (κ3) is 2.64. The standard InChI is InChI=1S/C14H19NO4/c1-9(2)15(10-6-4-3-5-7-10)14-13(18)12(17)11(8-16)19-14/h3-7,11-14,16-18H,1,8H2,2H3/t11-,12-,13-,14-/m1/s1. The Kier molecular flexibility index (Phi) is 4.21. The second-order valence-corrected chi connectivity index (χ2v) is 4.67. The molecule has 104 valence electrons. The first-order valence-corrected chi connectivity index (χ1v) is 6.18. The second-order valence-electron chi connectivity index (χ2n) is 4.67.